The van der Waals surface area contributed by atoms with Gasteiger partial charge in [-0.15, -0.1) is 41.4 Å². The van der Waals surface area contributed by atoms with E-state index < -0.39 is 0 Å². The summed E-state index contributed by atoms with van der Waals surface area (Å²) < 4.78 is 10.5. The van der Waals surface area contributed by atoms with Crippen LogP contribution in [0.4, 0.5) is 0 Å². The molecule has 0 aliphatic rings. The Bertz CT molecular complexity index is 2360. The minimum absolute atomic E-state index is 0. The molecular formula is C43H32N3OPt-3. The van der Waals surface area contributed by atoms with Crippen molar-refractivity contribution in [3.8, 4) is 45.3 Å². The van der Waals surface area contributed by atoms with Crippen LogP contribution in [-0.2, 0) is 26.5 Å². The van der Waals surface area contributed by atoms with Gasteiger partial charge in [0, 0.05) is 44.3 Å². The van der Waals surface area contributed by atoms with Gasteiger partial charge in [-0.2, -0.15) is 30.0 Å². The summed E-state index contributed by atoms with van der Waals surface area (Å²) in [6.45, 7) is 6.66. The third-order valence-corrected chi connectivity index (χ3v) is 8.58. The van der Waals surface area contributed by atoms with Gasteiger partial charge < -0.3 is 13.9 Å². The molecule has 8 aromatic rings. The van der Waals surface area contributed by atoms with E-state index in [9.17, 15) is 0 Å². The van der Waals surface area contributed by atoms with Crippen LogP contribution in [0.15, 0.2) is 140 Å². The predicted octanol–water partition coefficient (Wildman–Crippen LogP) is 10.8. The predicted molar refractivity (Wildman–Crippen MR) is 190 cm³/mol. The van der Waals surface area contributed by atoms with Crippen LogP contribution >= 0.6 is 0 Å². The van der Waals surface area contributed by atoms with Crippen molar-refractivity contribution in [1.29, 1.82) is 0 Å². The van der Waals surface area contributed by atoms with E-state index in [-0.39, 0.29) is 26.5 Å². The average Bonchev–Trinajstić information content (AvgIpc) is 3.72. The third kappa shape index (κ3) is 6.00. The van der Waals surface area contributed by atoms with Gasteiger partial charge in [-0.1, -0.05) is 111 Å². The fourth-order valence-electron chi connectivity index (χ4n) is 6.07. The molecule has 3 heterocycles. The topological polar surface area (TPSA) is 32.0 Å². The van der Waals surface area contributed by atoms with Crippen LogP contribution in [-0.4, -0.2) is 14.1 Å². The molecule has 0 atom stereocenters. The Balaban J connectivity index is 0.00000364. The number of fused-ring (bicyclic) bond motifs is 3. The molecule has 8 rings (SSSR count). The second-order valence-electron chi connectivity index (χ2n) is 12.8. The Morgan fingerprint density at radius 1 is 0.646 bits per heavy atom. The normalized spacial score (nSPS) is 11.5. The van der Waals surface area contributed by atoms with Crippen LogP contribution in [0, 0.1) is 18.3 Å². The van der Waals surface area contributed by atoms with Gasteiger partial charge in [0.25, 0.3) is 0 Å². The number of hydrogen-bond donors (Lipinski definition) is 0. The molecule has 3 aromatic heterocycles. The third-order valence-electron chi connectivity index (χ3n) is 8.58. The first kappa shape index (κ1) is 31.4. The summed E-state index contributed by atoms with van der Waals surface area (Å²) in [5.74, 6) is 2.07. The van der Waals surface area contributed by atoms with Gasteiger partial charge in [-0.05, 0) is 45.7 Å². The van der Waals surface area contributed by atoms with E-state index >= 15 is 0 Å². The first-order valence-electron chi connectivity index (χ1n) is 15.8. The van der Waals surface area contributed by atoms with Crippen LogP contribution in [0.2, 0.25) is 0 Å². The molecule has 0 N–H and O–H groups in total. The molecule has 0 bridgehead atoms. The minimum atomic E-state index is 0. The molecular weight excluding hydrogens is 770 g/mol. The summed E-state index contributed by atoms with van der Waals surface area (Å²) in [5, 5.41) is 2.25. The van der Waals surface area contributed by atoms with Crippen molar-refractivity contribution >= 4 is 21.8 Å². The summed E-state index contributed by atoms with van der Waals surface area (Å²) in [5.41, 5.74) is 8.68. The maximum absolute atomic E-state index is 6.39. The molecule has 238 valence electrons. The maximum Gasteiger partial charge on any atom is 0.135 e. The largest absolute Gasteiger partial charge is 0.510 e. The van der Waals surface area contributed by atoms with Gasteiger partial charge in [-0.25, -0.2) is 4.98 Å². The second kappa shape index (κ2) is 12.8. The molecule has 0 unspecified atom stereocenters. The smallest absolute Gasteiger partial charge is 0.135 e. The number of nitrogens with zero attached hydrogens (tertiary/aromatic N) is 3. The Morgan fingerprint density at radius 2 is 1.35 bits per heavy atom. The molecule has 0 saturated carbocycles. The van der Waals surface area contributed by atoms with Crippen LogP contribution in [0.25, 0.3) is 55.6 Å². The van der Waals surface area contributed by atoms with E-state index in [0.29, 0.717) is 11.5 Å². The number of aromatic nitrogens is 3. The fourth-order valence-corrected chi connectivity index (χ4v) is 6.07. The summed E-state index contributed by atoms with van der Waals surface area (Å²) >= 11 is 0. The zero-order valence-corrected chi connectivity index (χ0v) is 29.1. The quantitative estimate of drug-likeness (QED) is 0.157. The van der Waals surface area contributed by atoms with Crippen LogP contribution in [0.3, 0.4) is 0 Å². The van der Waals surface area contributed by atoms with E-state index in [1.165, 1.54) is 16.7 Å². The number of benzene rings is 5. The molecule has 5 aromatic carbocycles. The van der Waals surface area contributed by atoms with Crippen LogP contribution in [0.1, 0.15) is 26.3 Å². The molecule has 0 spiro atoms. The molecule has 5 heteroatoms. The number of pyridine rings is 1. The van der Waals surface area contributed by atoms with Gasteiger partial charge >= 0.3 is 0 Å². The number of hydrogen-bond acceptors (Lipinski definition) is 2. The van der Waals surface area contributed by atoms with Gasteiger partial charge in [0.1, 0.15) is 5.82 Å². The molecule has 0 amide bonds. The Labute approximate surface area is 295 Å². The van der Waals surface area contributed by atoms with Crippen molar-refractivity contribution in [2.45, 2.75) is 26.2 Å². The van der Waals surface area contributed by atoms with Crippen LogP contribution < -0.4 is 4.74 Å². The first-order valence-corrected chi connectivity index (χ1v) is 15.8. The molecule has 48 heavy (non-hydrogen) atoms. The van der Waals surface area contributed by atoms with Crippen molar-refractivity contribution in [3.63, 3.8) is 0 Å². The summed E-state index contributed by atoms with van der Waals surface area (Å²) in [4.78, 5) is 4.79. The van der Waals surface area contributed by atoms with E-state index in [4.69, 9.17) is 9.72 Å². The SMILES string of the molecule is CC(C)(C)c1ccnc(-n2c3[c-]c(Oc4[c-]c(-n5[c-]cc(-c6ccc(-c7ccccc7)cc6)c5)ccc4)ccc3c3ccccc32)c1.[Pt]. The molecule has 0 saturated heterocycles. The molecule has 0 aliphatic heterocycles. The van der Waals surface area contributed by atoms with Crippen molar-refractivity contribution in [2.24, 2.45) is 0 Å². The summed E-state index contributed by atoms with van der Waals surface area (Å²) in [7, 11) is 0. The van der Waals surface area contributed by atoms with Crippen LogP contribution in [0.5, 0.6) is 11.5 Å². The Hall–Kier alpha value is -5.18. The molecule has 0 radical (unpaired) electrons. The summed E-state index contributed by atoms with van der Waals surface area (Å²) in [6.07, 6.45) is 7.31. The van der Waals surface area contributed by atoms with Gasteiger partial charge in [0.05, 0.1) is 0 Å². The van der Waals surface area contributed by atoms with E-state index in [2.05, 4.69) is 141 Å². The van der Waals surface area contributed by atoms with Crippen molar-refractivity contribution in [1.82, 2.24) is 14.1 Å². The van der Waals surface area contributed by atoms with Crippen molar-refractivity contribution in [2.75, 3.05) is 0 Å². The first-order chi connectivity index (χ1) is 22.9. The van der Waals surface area contributed by atoms with E-state index in [1.807, 2.05) is 47.2 Å². The summed E-state index contributed by atoms with van der Waals surface area (Å²) in [6, 6.07) is 50.7. The number of ether oxygens (including phenoxy) is 1. The minimum Gasteiger partial charge on any atom is -0.510 e. The Morgan fingerprint density at radius 3 is 2.15 bits per heavy atom. The monoisotopic (exact) mass is 801 g/mol. The standard InChI is InChI=1S/C43H32N3O.Pt/c1-43(2,3)34-22-24-44-42(26-34)46-40-15-8-7-14-38(40)39-21-20-37(28-41(39)46)47-36-13-9-12-35(27-36)45-25-23-33(29-45)32-18-16-31(17-19-32)30-10-5-4-6-11-30;/h4-24,26,29H,1-3H3;/q-3;. The van der Waals surface area contributed by atoms with Gasteiger partial charge in [0.15, 0.2) is 0 Å². The molecule has 0 fully saturated rings. The average molecular weight is 802 g/mol. The zero-order valence-electron chi connectivity index (χ0n) is 26.8. The van der Waals surface area contributed by atoms with Gasteiger partial charge in [0.2, 0.25) is 0 Å². The van der Waals surface area contributed by atoms with Crippen molar-refractivity contribution in [3.05, 3.63) is 164 Å². The van der Waals surface area contributed by atoms with E-state index in [1.54, 1.807) is 0 Å². The Kier molecular flexibility index (Phi) is 8.37. The fraction of sp³-hybridized carbons (Fsp3) is 0.0930. The van der Waals surface area contributed by atoms with Gasteiger partial charge in [-0.3, -0.25) is 0 Å². The molecule has 4 nitrogen and oxygen atoms in total. The molecule has 0 aliphatic carbocycles. The second-order valence-corrected chi connectivity index (χ2v) is 12.8. The number of para-hydroxylation sites is 1. The maximum atomic E-state index is 6.39. The zero-order chi connectivity index (χ0) is 32.0. The number of rotatable bonds is 6. The van der Waals surface area contributed by atoms with E-state index in [0.717, 1.165) is 44.4 Å². The van der Waals surface area contributed by atoms with Crippen molar-refractivity contribution < 1.29 is 25.8 Å².